The maximum absolute atomic E-state index is 14.5. The van der Waals surface area contributed by atoms with Gasteiger partial charge in [-0.3, -0.25) is 0 Å². The number of urea groups is 1. The van der Waals surface area contributed by atoms with Crippen molar-refractivity contribution in [2.75, 3.05) is 25.0 Å². The number of benzene rings is 1. The molecule has 0 radical (unpaired) electrons. The van der Waals surface area contributed by atoms with E-state index in [1.807, 2.05) is 26.8 Å². The fourth-order valence-corrected chi connectivity index (χ4v) is 4.24. The third-order valence-electron chi connectivity index (χ3n) is 6.18. The highest BCUT2D eigenvalue weighted by atomic mass is 19.1. The summed E-state index contributed by atoms with van der Waals surface area (Å²) in [6, 6.07) is 4.65. The zero-order valence-electron chi connectivity index (χ0n) is 20.4. The van der Waals surface area contributed by atoms with Gasteiger partial charge in [0.25, 0.3) is 0 Å². The van der Waals surface area contributed by atoms with Crippen molar-refractivity contribution in [3.63, 3.8) is 0 Å². The van der Waals surface area contributed by atoms with Crippen molar-refractivity contribution in [3.8, 4) is 0 Å². The number of oxime groups is 1. The molecule has 3 rings (SSSR count). The third kappa shape index (κ3) is 7.60. The highest BCUT2D eigenvalue weighted by Crippen LogP contribution is 2.33. The number of ether oxygens (including phenoxy) is 1. The van der Waals surface area contributed by atoms with E-state index in [0.29, 0.717) is 19.6 Å². The van der Waals surface area contributed by atoms with E-state index in [1.54, 1.807) is 11.0 Å². The van der Waals surface area contributed by atoms with Crippen molar-refractivity contribution in [2.24, 2.45) is 5.16 Å². The highest BCUT2D eigenvalue weighted by Gasteiger charge is 2.26. The molecule has 188 valence electrons. The van der Waals surface area contributed by atoms with Gasteiger partial charge >= 0.3 is 12.1 Å². The van der Waals surface area contributed by atoms with E-state index in [1.165, 1.54) is 6.07 Å². The van der Waals surface area contributed by atoms with Crippen molar-refractivity contribution >= 4 is 23.5 Å². The van der Waals surface area contributed by atoms with Gasteiger partial charge in [-0.05, 0) is 69.6 Å². The molecule has 1 aliphatic carbocycles. The molecule has 1 aliphatic heterocycles. The fraction of sp³-hybridized carbons (Fsp3) is 0.640. The number of anilines is 1. The number of likely N-dealkylation sites (tertiary alicyclic amines) is 1. The number of rotatable bonds is 7. The number of nitrogens with one attached hydrogen (secondary N) is 2. The number of piperidine rings is 1. The molecule has 0 unspecified atom stereocenters. The first kappa shape index (κ1) is 25.8. The van der Waals surface area contributed by atoms with Crippen LogP contribution in [0.4, 0.5) is 19.7 Å². The van der Waals surface area contributed by atoms with Gasteiger partial charge in [0.15, 0.2) is 0 Å². The van der Waals surface area contributed by atoms with Gasteiger partial charge < -0.3 is 25.1 Å². The smallest absolute Gasteiger partial charge is 0.410 e. The monoisotopic (exact) mass is 476 g/mol. The zero-order chi connectivity index (χ0) is 24.5. The van der Waals surface area contributed by atoms with Crippen LogP contribution in [0.3, 0.4) is 0 Å². The predicted octanol–water partition coefficient (Wildman–Crippen LogP) is 5.40. The highest BCUT2D eigenvalue weighted by molar-refractivity contribution is 5.89. The summed E-state index contributed by atoms with van der Waals surface area (Å²) in [5.41, 5.74) is 2.16. The van der Waals surface area contributed by atoms with E-state index >= 15 is 0 Å². The number of carbonyl (C=O) groups is 2. The molecule has 1 saturated heterocycles. The Hall–Kier alpha value is -2.84. The maximum atomic E-state index is 14.5. The predicted molar refractivity (Wildman–Crippen MR) is 130 cm³/mol. The van der Waals surface area contributed by atoms with Crippen molar-refractivity contribution in [2.45, 2.75) is 83.8 Å². The Labute approximate surface area is 201 Å². The molecular formula is C25H37FN4O4. The quantitative estimate of drug-likeness (QED) is 0.516. The lowest BCUT2D eigenvalue weighted by Crippen LogP contribution is -2.41. The Morgan fingerprint density at radius 3 is 2.50 bits per heavy atom. The molecule has 1 aromatic carbocycles. The van der Waals surface area contributed by atoms with Crippen LogP contribution in [-0.2, 0) is 9.57 Å². The Morgan fingerprint density at radius 2 is 1.88 bits per heavy atom. The van der Waals surface area contributed by atoms with Crippen LogP contribution in [-0.4, -0.2) is 54.6 Å². The molecule has 1 heterocycles. The van der Waals surface area contributed by atoms with Gasteiger partial charge in [0.1, 0.15) is 11.9 Å². The van der Waals surface area contributed by atoms with Crippen LogP contribution in [0.5, 0.6) is 0 Å². The van der Waals surface area contributed by atoms with Crippen LogP contribution < -0.4 is 10.6 Å². The number of amides is 3. The number of nitrogens with zero attached hydrogens (tertiary/aromatic N) is 2. The lowest BCUT2D eigenvalue weighted by molar-refractivity contribution is 0.00403. The molecule has 0 spiro atoms. The van der Waals surface area contributed by atoms with Crippen LogP contribution in [0.1, 0.15) is 77.2 Å². The van der Waals surface area contributed by atoms with E-state index in [9.17, 15) is 14.0 Å². The molecule has 0 bridgehead atoms. The third-order valence-corrected chi connectivity index (χ3v) is 6.18. The topological polar surface area (TPSA) is 92.3 Å². The molecule has 2 N–H and O–H groups in total. The molecule has 0 aromatic heterocycles. The Bertz CT molecular complexity index is 858. The molecular weight excluding hydrogens is 439 g/mol. The lowest BCUT2D eigenvalue weighted by Gasteiger charge is -2.31. The Morgan fingerprint density at radius 1 is 1.18 bits per heavy atom. The second kappa shape index (κ2) is 12.6. The number of hydrogen-bond donors (Lipinski definition) is 2. The Balaban J connectivity index is 1.42. The lowest BCUT2D eigenvalue weighted by atomic mass is 9.83. The fourth-order valence-electron chi connectivity index (χ4n) is 4.24. The van der Waals surface area contributed by atoms with E-state index in [-0.39, 0.29) is 29.9 Å². The summed E-state index contributed by atoms with van der Waals surface area (Å²) in [7, 11) is 0. The number of hydrogen-bond acceptors (Lipinski definition) is 5. The van der Waals surface area contributed by atoms with Gasteiger partial charge in [-0.15, -0.1) is 0 Å². The summed E-state index contributed by atoms with van der Waals surface area (Å²) in [6.45, 7) is 7.42. The largest absolute Gasteiger partial charge is 0.447 e. The number of carbonyl (C=O) groups excluding carboxylic acids is 2. The zero-order valence-corrected chi connectivity index (χ0v) is 20.4. The van der Waals surface area contributed by atoms with Crippen LogP contribution in [0.2, 0.25) is 0 Å². The second-order valence-corrected chi connectivity index (χ2v) is 9.28. The summed E-state index contributed by atoms with van der Waals surface area (Å²) in [6.07, 6.45) is 5.31. The average Bonchev–Trinajstić information content (AvgIpc) is 2.83. The summed E-state index contributed by atoms with van der Waals surface area (Å²) in [5, 5.41) is 9.63. The standard InChI is InChI=1S/C25H37FN4O4/c1-4-13-27-24(31)28-23-10-7-19(16-22(23)26)18-5-8-20(9-6-18)29-34-21-11-14-30(15-12-21)25(32)33-17(2)3/h7,10,16-18,21H,4-6,8-9,11-15H2,1-3H3,(H2,27,28,31). The van der Waals surface area contributed by atoms with Gasteiger partial charge in [0.05, 0.1) is 17.5 Å². The first-order chi connectivity index (χ1) is 16.4. The van der Waals surface area contributed by atoms with Gasteiger partial charge in [-0.1, -0.05) is 18.1 Å². The van der Waals surface area contributed by atoms with Gasteiger partial charge in [-0.2, -0.15) is 0 Å². The van der Waals surface area contributed by atoms with E-state index < -0.39 is 11.8 Å². The summed E-state index contributed by atoms with van der Waals surface area (Å²) >= 11 is 0. The first-order valence-electron chi connectivity index (χ1n) is 12.4. The second-order valence-electron chi connectivity index (χ2n) is 9.28. The minimum Gasteiger partial charge on any atom is -0.447 e. The van der Waals surface area contributed by atoms with Gasteiger partial charge in [0.2, 0.25) is 0 Å². The number of halogens is 1. The van der Waals surface area contributed by atoms with Crippen LogP contribution >= 0.6 is 0 Å². The van der Waals surface area contributed by atoms with E-state index in [2.05, 4.69) is 15.8 Å². The van der Waals surface area contributed by atoms with E-state index in [0.717, 1.165) is 56.2 Å². The molecule has 8 nitrogen and oxygen atoms in total. The minimum absolute atomic E-state index is 0.0111. The summed E-state index contributed by atoms with van der Waals surface area (Å²) in [4.78, 5) is 31.2. The van der Waals surface area contributed by atoms with Crippen LogP contribution in [0.25, 0.3) is 0 Å². The molecule has 3 amide bonds. The molecule has 1 saturated carbocycles. The molecule has 2 fully saturated rings. The van der Waals surface area contributed by atoms with Gasteiger partial charge in [0, 0.05) is 32.5 Å². The SMILES string of the molecule is CCCNC(=O)Nc1ccc(C2CCC(=NOC3CCN(C(=O)OC(C)C)CC3)CC2)cc1F. The Kier molecular flexibility index (Phi) is 9.53. The molecule has 34 heavy (non-hydrogen) atoms. The van der Waals surface area contributed by atoms with Gasteiger partial charge in [-0.25, -0.2) is 14.0 Å². The minimum atomic E-state index is -0.421. The normalized spacial score (nSPS) is 19.0. The summed E-state index contributed by atoms with van der Waals surface area (Å²) in [5.74, 6) is -0.165. The van der Waals surface area contributed by atoms with Crippen molar-refractivity contribution in [1.82, 2.24) is 10.2 Å². The molecule has 2 aliphatic rings. The van der Waals surface area contributed by atoms with E-state index in [4.69, 9.17) is 9.57 Å². The summed E-state index contributed by atoms with van der Waals surface area (Å²) < 4.78 is 19.8. The molecule has 0 atom stereocenters. The molecule has 1 aromatic rings. The average molecular weight is 477 g/mol. The molecule has 9 heteroatoms. The van der Waals surface area contributed by atoms with Crippen molar-refractivity contribution in [1.29, 1.82) is 0 Å². The first-order valence-corrected chi connectivity index (χ1v) is 12.4. The van der Waals surface area contributed by atoms with Crippen molar-refractivity contribution in [3.05, 3.63) is 29.6 Å². The maximum Gasteiger partial charge on any atom is 0.410 e. The van der Waals surface area contributed by atoms with Crippen LogP contribution in [0, 0.1) is 5.82 Å². The van der Waals surface area contributed by atoms with Crippen LogP contribution in [0.15, 0.2) is 23.4 Å². The van der Waals surface area contributed by atoms with Crippen molar-refractivity contribution < 1.29 is 23.6 Å².